The highest BCUT2D eigenvalue weighted by molar-refractivity contribution is 7.45. The van der Waals surface area contributed by atoms with Crippen molar-refractivity contribution >= 4 is 19.8 Å². The van der Waals surface area contributed by atoms with E-state index in [-0.39, 0.29) is 32.0 Å². The highest BCUT2D eigenvalue weighted by atomic mass is 31.2. The zero-order chi connectivity index (χ0) is 59.1. The molecule has 468 valence electrons. The number of phosphoric ester groups is 1. The highest BCUT2D eigenvalue weighted by Gasteiger charge is 2.22. The van der Waals surface area contributed by atoms with Gasteiger partial charge in [0.25, 0.3) is 7.82 Å². The molecule has 0 aromatic carbocycles. The molecule has 0 aliphatic heterocycles. The maximum absolute atomic E-state index is 12.8. The van der Waals surface area contributed by atoms with Crippen molar-refractivity contribution in [1.29, 1.82) is 0 Å². The number of ether oxygens (including phenoxy) is 2. The Morgan fingerprint density at radius 3 is 1.05 bits per heavy atom. The third-order valence-corrected chi connectivity index (χ3v) is 15.3. The molecular formula is C71H126NO8P. The van der Waals surface area contributed by atoms with Gasteiger partial charge in [0, 0.05) is 12.8 Å². The van der Waals surface area contributed by atoms with Crippen molar-refractivity contribution in [2.24, 2.45) is 0 Å². The quantitative estimate of drug-likeness (QED) is 0.0195. The van der Waals surface area contributed by atoms with E-state index in [1.54, 1.807) is 0 Å². The number of hydrogen-bond acceptors (Lipinski definition) is 8. The van der Waals surface area contributed by atoms with Crippen LogP contribution in [-0.2, 0) is 32.7 Å². The van der Waals surface area contributed by atoms with E-state index in [1.807, 2.05) is 21.1 Å². The van der Waals surface area contributed by atoms with Gasteiger partial charge in [-0.1, -0.05) is 297 Å². The van der Waals surface area contributed by atoms with E-state index in [9.17, 15) is 19.0 Å². The van der Waals surface area contributed by atoms with Gasteiger partial charge in [0.2, 0.25) is 0 Å². The van der Waals surface area contributed by atoms with Crippen molar-refractivity contribution in [3.05, 3.63) is 97.2 Å². The van der Waals surface area contributed by atoms with Crippen LogP contribution in [0.3, 0.4) is 0 Å². The number of esters is 2. The fourth-order valence-corrected chi connectivity index (χ4v) is 9.99. The molecule has 0 saturated heterocycles. The molecule has 0 fully saturated rings. The molecule has 10 heteroatoms. The number of unbranched alkanes of at least 4 members (excludes halogenated alkanes) is 31. The third kappa shape index (κ3) is 65.9. The van der Waals surface area contributed by atoms with Crippen molar-refractivity contribution < 1.29 is 42.1 Å². The maximum atomic E-state index is 12.8. The smallest absolute Gasteiger partial charge is 0.306 e. The first-order chi connectivity index (χ1) is 39.5. The molecule has 0 spiro atoms. The van der Waals surface area contributed by atoms with Gasteiger partial charge >= 0.3 is 11.9 Å². The predicted octanol–water partition coefficient (Wildman–Crippen LogP) is 20.9. The Bertz CT molecular complexity index is 1690. The lowest BCUT2D eigenvalue weighted by Gasteiger charge is -2.28. The van der Waals surface area contributed by atoms with Crippen molar-refractivity contribution in [3.63, 3.8) is 0 Å². The number of likely N-dealkylation sites (N-methyl/N-ethyl adjacent to an activating group) is 1. The van der Waals surface area contributed by atoms with Crippen LogP contribution in [-0.4, -0.2) is 70.0 Å². The van der Waals surface area contributed by atoms with Gasteiger partial charge < -0.3 is 27.9 Å². The Balaban J connectivity index is 3.98. The van der Waals surface area contributed by atoms with E-state index in [4.69, 9.17) is 18.5 Å². The summed E-state index contributed by atoms with van der Waals surface area (Å²) in [4.78, 5) is 37.9. The second-order valence-corrected chi connectivity index (χ2v) is 24.9. The minimum Gasteiger partial charge on any atom is -0.756 e. The number of hydrogen-bond donors (Lipinski definition) is 0. The van der Waals surface area contributed by atoms with E-state index in [0.29, 0.717) is 17.4 Å². The van der Waals surface area contributed by atoms with Crippen LogP contribution in [0, 0.1) is 0 Å². The molecule has 0 bridgehead atoms. The molecule has 0 radical (unpaired) electrons. The van der Waals surface area contributed by atoms with Gasteiger partial charge in [-0.15, -0.1) is 0 Å². The summed E-state index contributed by atoms with van der Waals surface area (Å²) >= 11 is 0. The van der Waals surface area contributed by atoms with E-state index in [0.717, 1.165) is 89.9 Å². The molecule has 9 nitrogen and oxygen atoms in total. The molecular weight excluding hydrogens is 1030 g/mol. The van der Waals surface area contributed by atoms with Crippen LogP contribution in [0.4, 0.5) is 0 Å². The van der Waals surface area contributed by atoms with Crippen LogP contribution < -0.4 is 4.89 Å². The molecule has 0 rings (SSSR count). The highest BCUT2D eigenvalue weighted by Crippen LogP contribution is 2.38. The molecule has 0 aromatic heterocycles. The lowest BCUT2D eigenvalue weighted by molar-refractivity contribution is -0.870. The molecule has 2 unspecified atom stereocenters. The van der Waals surface area contributed by atoms with E-state index >= 15 is 0 Å². The number of carbonyl (C=O) groups is 2. The number of phosphoric acid groups is 1. The fraction of sp³-hybridized carbons (Fsp3) is 0.746. The first kappa shape index (κ1) is 77.9. The summed E-state index contributed by atoms with van der Waals surface area (Å²) in [5.74, 6) is -0.823. The Hall–Kier alpha value is -3.07. The predicted molar refractivity (Wildman–Crippen MR) is 346 cm³/mol. The average molecular weight is 1150 g/mol. The van der Waals surface area contributed by atoms with Crippen molar-refractivity contribution in [3.8, 4) is 0 Å². The summed E-state index contributed by atoms with van der Waals surface area (Å²) < 4.78 is 34.2. The summed E-state index contributed by atoms with van der Waals surface area (Å²) in [5, 5.41) is 0. The fourth-order valence-electron chi connectivity index (χ4n) is 9.26. The Morgan fingerprint density at radius 2 is 0.704 bits per heavy atom. The number of quaternary nitrogens is 1. The molecule has 0 heterocycles. The molecule has 0 N–H and O–H groups in total. The van der Waals surface area contributed by atoms with Gasteiger partial charge in [-0.2, -0.15) is 0 Å². The standard InChI is InChI=1S/C71H126NO8P/c1-6-8-10-12-14-16-18-20-22-24-25-26-27-28-29-30-31-32-33-34-35-36-37-38-39-40-41-42-43-44-45-46-47-48-50-52-54-56-58-60-62-64-71(74)80-69(68-79-81(75,76)78-66-65-72(3,4)5)67-77-70(73)63-61-59-57-55-53-51-49-23-21-19-17-15-13-11-9-7-2/h8,10,14,16,20,22,25-26,28-29,31-32,34-35,37-38,69H,6-7,9,11-13,15,17-19,21,23-24,27,30,33,36,39-68H2,1-5H3/b10-8-,16-14-,22-20-,26-25-,29-28-,32-31-,35-34-,38-37-. The molecule has 0 aliphatic rings. The molecule has 2 atom stereocenters. The van der Waals surface area contributed by atoms with E-state index in [2.05, 4.69) is 111 Å². The van der Waals surface area contributed by atoms with Gasteiger partial charge in [-0.3, -0.25) is 14.2 Å². The lowest BCUT2D eigenvalue weighted by Crippen LogP contribution is -2.37. The lowest BCUT2D eigenvalue weighted by atomic mass is 10.0. The Kier molecular flexibility index (Phi) is 59.2. The summed E-state index contributed by atoms with van der Waals surface area (Å²) in [7, 11) is 1.17. The summed E-state index contributed by atoms with van der Waals surface area (Å²) in [6.45, 7) is 4.15. The van der Waals surface area contributed by atoms with Crippen LogP contribution in [0.1, 0.15) is 290 Å². The second-order valence-electron chi connectivity index (χ2n) is 23.5. The van der Waals surface area contributed by atoms with Crippen LogP contribution in [0.2, 0.25) is 0 Å². The van der Waals surface area contributed by atoms with Gasteiger partial charge in [-0.25, -0.2) is 0 Å². The third-order valence-electron chi connectivity index (χ3n) is 14.4. The zero-order valence-corrected chi connectivity index (χ0v) is 54.1. The second kappa shape index (κ2) is 61.5. The number of allylic oxidation sites excluding steroid dienone is 16. The van der Waals surface area contributed by atoms with E-state index < -0.39 is 26.5 Å². The van der Waals surface area contributed by atoms with Gasteiger partial charge in [0.05, 0.1) is 27.7 Å². The van der Waals surface area contributed by atoms with Gasteiger partial charge in [0.15, 0.2) is 6.10 Å². The monoisotopic (exact) mass is 1150 g/mol. The summed E-state index contributed by atoms with van der Waals surface area (Å²) in [5.41, 5.74) is 0. The van der Waals surface area contributed by atoms with Crippen LogP contribution in [0.25, 0.3) is 0 Å². The first-order valence-corrected chi connectivity index (χ1v) is 34.9. The molecule has 0 saturated carbocycles. The van der Waals surface area contributed by atoms with Crippen LogP contribution in [0.5, 0.6) is 0 Å². The minimum atomic E-state index is -4.64. The number of nitrogens with zero attached hydrogens (tertiary/aromatic N) is 1. The summed E-state index contributed by atoms with van der Waals surface area (Å²) in [6, 6.07) is 0. The summed E-state index contributed by atoms with van der Waals surface area (Å²) in [6.07, 6.45) is 84.8. The molecule has 0 aromatic rings. The zero-order valence-electron chi connectivity index (χ0n) is 53.2. The number of carbonyl (C=O) groups excluding carboxylic acids is 2. The largest absolute Gasteiger partial charge is 0.756 e. The Labute approximate surface area is 500 Å². The van der Waals surface area contributed by atoms with Crippen molar-refractivity contribution in [2.45, 2.75) is 296 Å². The van der Waals surface area contributed by atoms with Crippen molar-refractivity contribution in [1.82, 2.24) is 0 Å². The molecule has 81 heavy (non-hydrogen) atoms. The Morgan fingerprint density at radius 1 is 0.395 bits per heavy atom. The maximum Gasteiger partial charge on any atom is 0.306 e. The van der Waals surface area contributed by atoms with Gasteiger partial charge in [-0.05, 0) is 77.0 Å². The minimum absolute atomic E-state index is 0.0311. The average Bonchev–Trinajstić information content (AvgIpc) is 3.43. The number of rotatable bonds is 61. The topological polar surface area (TPSA) is 111 Å². The van der Waals surface area contributed by atoms with Gasteiger partial charge in [0.1, 0.15) is 19.8 Å². The molecule has 0 aliphatic carbocycles. The van der Waals surface area contributed by atoms with E-state index in [1.165, 1.54) is 167 Å². The van der Waals surface area contributed by atoms with Crippen LogP contribution >= 0.6 is 7.82 Å². The SMILES string of the molecule is CC/C=C\C/C=C\C/C=C\C/C=C\C/C=C\C/C=C\C/C=C\C/C=C\CCCCCCCCCCCCCCCCCCC(=O)OC(COC(=O)CCCCCCCCCCCCCCCCCC)COP(=O)([O-])OCC[N+](C)(C)C. The first-order valence-electron chi connectivity index (χ1n) is 33.4. The molecule has 0 amide bonds. The van der Waals surface area contributed by atoms with Crippen molar-refractivity contribution in [2.75, 3.05) is 47.5 Å². The van der Waals surface area contributed by atoms with Crippen LogP contribution in [0.15, 0.2) is 97.2 Å². The normalized spacial score (nSPS) is 13.8.